The second-order valence-corrected chi connectivity index (χ2v) is 5.84. The van der Waals surface area contributed by atoms with E-state index in [9.17, 15) is 0 Å². The van der Waals surface area contributed by atoms with Crippen LogP contribution in [0.25, 0.3) is 0 Å². The number of fused-ring (bicyclic) bond motifs is 1. The molecular formula is C13H23N. The van der Waals surface area contributed by atoms with Crippen molar-refractivity contribution < 1.29 is 0 Å². The fraction of sp³-hybridized carbons (Fsp3) is 0.846. The van der Waals surface area contributed by atoms with Gasteiger partial charge in [0.15, 0.2) is 0 Å². The highest BCUT2D eigenvalue weighted by atomic mass is 14.6. The van der Waals surface area contributed by atoms with Gasteiger partial charge in [0.05, 0.1) is 0 Å². The molecule has 0 aliphatic heterocycles. The zero-order valence-electron chi connectivity index (χ0n) is 9.72. The molecule has 3 atom stereocenters. The quantitative estimate of drug-likeness (QED) is 0.685. The Balaban J connectivity index is 1.97. The van der Waals surface area contributed by atoms with E-state index in [1.807, 2.05) is 0 Å². The van der Waals surface area contributed by atoms with Crippen LogP contribution in [0.5, 0.6) is 0 Å². The van der Waals surface area contributed by atoms with Gasteiger partial charge in [0.2, 0.25) is 0 Å². The first-order chi connectivity index (χ1) is 6.51. The smallest absolute Gasteiger partial charge is 0.00135 e. The van der Waals surface area contributed by atoms with Crippen LogP contribution in [0.15, 0.2) is 11.6 Å². The Morgan fingerprint density at radius 2 is 2.29 bits per heavy atom. The molecule has 3 rings (SSSR count). The molecule has 0 spiro atoms. The monoisotopic (exact) mass is 193 g/mol. The lowest BCUT2D eigenvalue weighted by molar-refractivity contribution is -0.00845. The molecule has 1 nitrogen and oxygen atoms in total. The van der Waals surface area contributed by atoms with E-state index >= 15 is 0 Å². The molecule has 0 aromatic carbocycles. The summed E-state index contributed by atoms with van der Waals surface area (Å²) in [6.45, 7) is 6.98. The standard InChI is InChI=1S/C13H23N/c1-9(14)4-5-10-6-7-11-8-12(10)13(11,2)3/h6,9,11-12H,4-5,7-8,14H2,1-3H3/t9-,11?,12?/m0/s1. The highest BCUT2D eigenvalue weighted by Gasteiger charge is 2.50. The molecule has 3 aliphatic carbocycles. The molecule has 1 saturated carbocycles. The van der Waals surface area contributed by atoms with Crippen LogP contribution in [0.3, 0.4) is 0 Å². The number of hydrogen-bond acceptors (Lipinski definition) is 1. The fourth-order valence-corrected chi connectivity index (χ4v) is 3.15. The number of hydrogen-bond donors (Lipinski definition) is 1. The highest BCUT2D eigenvalue weighted by molar-refractivity contribution is 5.23. The maximum Gasteiger partial charge on any atom is 0.00135 e. The second-order valence-electron chi connectivity index (χ2n) is 5.84. The summed E-state index contributed by atoms with van der Waals surface area (Å²) in [5, 5.41) is 0. The first-order valence-corrected chi connectivity index (χ1v) is 5.96. The summed E-state index contributed by atoms with van der Waals surface area (Å²) in [5.41, 5.74) is 8.10. The maximum atomic E-state index is 5.81. The third-order valence-corrected chi connectivity index (χ3v) is 4.47. The van der Waals surface area contributed by atoms with Crippen LogP contribution in [0, 0.1) is 17.3 Å². The van der Waals surface area contributed by atoms with Crippen LogP contribution in [-0.2, 0) is 0 Å². The van der Waals surface area contributed by atoms with E-state index in [2.05, 4.69) is 26.8 Å². The molecule has 0 aromatic rings. The van der Waals surface area contributed by atoms with Crippen LogP contribution in [0.4, 0.5) is 0 Å². The van der Waals surface area contributed by atoms with Crippen molar-refractivity contribution in [1.29, 1.82) is 0 Å². The average Bonchev–Trinajstić information content (AvgIpc) is 2.14. The van der Waals surface area contributed by atoms with Crippen LogP contribution in [-0.4, -0.2) is 6.04 Å². The van der Waals surface area contributed by atoms with Crippen molar-refractivity contribution in [1.82, 2.24) is 0 Å². The molecule has 3 aliphatic rings. The van der Waals surface area contributed by atoms with Gasteiger partial charge >= 0.3 is 0 Å². The van der Waals surface area contributed by atoms with Gasteiger partial charge in [-0.05, 0) is 49.9 Å². The van der Waals surface area contributed by atoms with Gasteiger partial charge < -0.3 is 5.73 Å². The molecule has 1 fully saturated rings. The van der Waals surface area contributed by atoms with Crippen LogP contribution >= 0.6 is 0 Å². The first-order valence-electron chi connectivity index (χ1n) is 5.96. The molecule has 2 unspecified atom stereocenters. The van der Waals surface area contributed by atoms with Crippen molar-refractivity contribution in [2.24, 2.45) is 23.0 Å². The average molecular weight is 193 g/mol. The van der Waals surface area contributed by atoms with Gasteiger partial charge in [0.1, 0.15) is 0 Å². The van der Waals surface area contributed by atoms with Crippen LogP contribution in [0.2, 0.25) is 0 Å². The minimum Gasteiger partial charge on any atom is -0.328 e. The second kappa shape index (κ2) is 3.37. The van der Waals surface area contributed by atoms with E-state index in [1.165, 1.54) is 19.3 Å². The van der Waals surface area contributed by atoms with Crippen molar-refractivity contribution in [3.8, 4) is 0 Å². The van der Waals surface area contributed by atoms with Gasteiger partial charge in [-0.25, -0.2) is 0 Å². The van der Waals surface area contributed by atoms with Crippen molar-refractivity contribution in [2.75, 3.05) is 0 Å². The van der Waals surface area contributed by atoms with E-state index < -0.39 is 0 Å². The maximum absolute atomic E-state index is 5.81. The van der Waals surface area contributed by atoms with E-state index in [0.29, 0.717) is 11.5 Å². The van der Waals surface area contributed by atoms with Crippen molar-refractivity contribution in [3.63, 3.8) is 0 Å². The van der Waals surface area contributed by atoms with Gasteiger partial charge in [-0.2, -0.15) is 0 Å². The normalized spacial score (nSPS) is 35.9. The van der Waals surface area contributed by atoms with E-state index in [4.69, 9.17) is 5.73 Å². The lowest BCUT2D eigenvalue weighted by Gasteiger charge is -2.56. The Morgan fingerprint density at radius 3 is 2.79 bits per heavy atom. The molecule has 2 N–H and O–H groups in total. The molecule has 0 aromatic heterocycles. The predicted octanol–water partition coefficient (Wildman–Crippen LogP) is 3.11. The molecule has 1 heteroatoms. The predicted molar refractivity (Wildman–Crippen MR) is 61.0 cm³/mol. The van der Waals surface area contributed by atoms with Crippen molar-refractivity contribution in [2.45, 2.75) is 52.5 Å². The van der Waals surface area contributed by atoms with Gasteiger partial charge in [-0.1, -0.05) is 25.5 Å². The molecular weight excluding hydrogens is 170 g/mol. The lowest BCUT2D eigenvalue weighted by Crippen LogP contribution is -2.48. The van der Waals surface area contributed by atoms with E-state index in [-0.39, 0.29) is 0 Å². The van der Waals surface area contributed by atoms with Crippen LogP contribution in [0.1, 0.15) is 46.5 Å². The molecule has 2 bridgehead atoms. The Bertz CT molecular complexity index is 250. The Labute approximate surface area is 87.8 Å². The van der Waals surface area contributed by atoms with E-state index in [0.717, 1.165) is 18.3 Å². The molecule has 80 valence electrons. The summed E-state index contributed by atoms with van der Waals surface area (Å²) in [6.07, 6.45) is 7.64. The minimum absolute atomic E-state index is 0.358. The summed E-state index contributed by atoms with van der Waals surface area (Å²) >= 11 is 0. The zero-order chi connectivity index (χ0) is 10.3. The van der Waals surface area contributed by atoms with Gasteiger partial charge in [0.25, 0.3) is 0 Å². The molecule has 0 radical (unpaired) electrons. The van der Waals surface area contributed by atoms with Gasteiger partial charge in [-0.3, -0.25) is 0 Å². The largest absolute Gasteiger partial charge is 0.328 e. The summed E-state index contributed by atoms with van der Waals surface area (Å²) in [4.78, 5) is 0. The molecule has 14 heavy (non-hydrogen) atoms. The summed E-state index contributed by atoms with van der Waals surface area (Å²) < 4.78 is 0. The van der Waals surface area contributed by atoms with Crippen molar-refractivity contribution in [3.05, 3.63) is 11.6 Å². The minimum atomic E-state index is 0.358. The number of nitrogens with two attached hydrogens (primary N) is 1. The molecule has 0 heterocycles. The fourth-order valence-electron chi connectivity index (χ4n) is 3.15. The summed E-state index contributed by atoms with van der Waals surface area (Å²) in [5.74, 6) is 1.84. The Morgan fingerprint density at radius 1 is 1.57 bits per heavy atom. The third-order valence-electron chi connectivity index (χ3n) is 4.47. The number of rotatable bonds is 3. The van der Waals surface area contributed by atoms with Crippen LogP contribution < -0.4 is 5.73 Å². The first kappa shape index (κ1) is 10.2. The van der Waals surface area contributed by atoms with Gasteiger partial charge in [-0.15, -0.1) is 0 Å². The molecule has 0 saturated heterocycles. The lowest BCUT2D eigenvalue weighted by atomic mass is 9.48. The highest BCUT2D eigenvalue weighted by Crippen LogP contribution is 2.59. The number of allylic oxidation sites excluding steroid dienone is 2. The zero-order valence-corrected chi connectivity index (χ0v) is 9.72. The Hall–Kier alpha value is -0.300. The SMILES string of the molecule is C[C@H](N)CCC1=CCC2CC1C2(C)C. The van der Waals surface area contributed by atoms with Crippen molar-refractivity contribution >= 4 is 0 Å². The summed E-state index contributed by atoms with van der Waals surface area (Å²) in [7, 11) is 0. The summed E-state index contributed by atoms with van der Waals surface area (Å²) in [6, 6.07) is 0.358. The van der Waals surface area contributed by atoms with E-state index in [1.54, 1.807) is 5.57 Å². The van der Waals surface area contributed by atoms with Gasteiger partial charge in [0, 0.05) is 6.04 Å². The topological polar surface area (TPSA) is 26.0 Å². The third kappa shape index (κ3) is 1.52. The molecule has 0 amide bonds. The Kier molecular flexibility index (Phi) is 2.46.